The van der Waals surface area contributed by atoms with Gasteiger partial charge in [0, 0.05) is 42.8 Å². The van der Waals surface area contributed by atoms with Crippen molar-refractivity contribution in [2.45, 2.75) is 12.5 Å². The van der Waals surface area contributed by atoms with Gasteiger partial charge in [-0.25, -0.2) is 0 Å². The summed E-state index contributed by atoms with van der Waals surface area (Å²) in [5, 5.41) is 12.4. The Morgan fingerprint density at radius 3 is 2.42 bits per heavy atom. The van der Waals surface area contributed by atoms with Crippen LogP contribution in [0.2, 0.25) is 5.02 Å². The average Bonchev–Trinajstić information content (AvgIpc) is 2.97. The Balaban J connectivity index is 1.40. The van der Waals surface area contributed by atoms with Crippen LogP contribution in [0.4, 0.5) is 5.69 Å². The molecule has 1 N–H and O–H groups in total. The molecule has 1 atom stereocenters. The van der Waals surface area contributed by atoms with E-state index in [4.69, 9.17) is 16.9 Å². The molecule has 0 aliphatic carbocycles. The molecular formula is C30H28ClN5O4. The molecule has 4 amide bonds. The Labute approximate surface area is 237 Å². The number of nitrogens with one attached hydrogen (secondary N) is 1. The number of amides is 4. The van der Waals surface area contributed by atoms with Crippen LogP contribution < -0.4 is 10.2 Å². The molecule has 0 saturated carbocycles. The summed E-state index contributed by atoms with van der Waals surface area (Å²) in [6.07, 6.45) is 0.265. The van der Waals surface area contributed by atoms with Crippen molar-refractivity contribution in [1.82, 2.24) is 15.1 Å². The molecular weight excluding hydrogens is 530 g/mol. The number of nitriles is 1. The van der Waals surface area contributed by atoms with Crippen LogP contribution in [-0.4, -0.2) is 72.7 Å². The number of piperazine rings is 1. The van der Waals surface area contributed by atoms with E-state index in [0.717, 1.165) is 5.56 Å². The van der Waals surface area contributed by atoms with Gasteiger partial charge in [0.2, 0.25) is 17.7 Å². The van der Waals surface area contributed by atoms with Crippen molar-refractivity contribution < 1.29 is 19.2 Å². The molecule has 1 aliphatic rings. The summed E-state index contributed by atoms with van der Waals surface area (Å²) in [4.78, 5) is 56.5. The molecule has 0 bridgehead atoms. The highest BCUT2D eigenvalue weighted by molar-refractivity contribution is 6.30. The summed E-state index contributed by atoms with van der Waals surface area (Å²) in [6.45, 7) is -0.0270. The number of likely N-dealkylation sites (N-methyl/N-ethyl adjacent to an activating group) is 1. The number of benzene rings is 3. The topological polar surface area (TPSA) is 114 Å². The molecule has 3 aromatic carbocycles. The SMILES string of the molecule is CN(C(=O)[C@H](Cc1ccccc1)NC(=O)CN1CCN(C(=O)c2cccc(C#N)c2)CC1=O)c1ccc(Cl)cc1. The van der Waals surface area contributed by atoms with E-state index in [1.54, 1.807) is 49.5 Å². The number of anilines is 1. The van der Waals surface area contributed by atoms with Gasteiger partial charge in [-0.05, 0) is 48.0 Å². The summed E-state index contributed by atoms with van der Waals surface area (Å²) in [5.41, 5.74) is 2.17. The van der Waals surface area contributed by atoms with Crippen molar-refractivity contribution in [3.63, 3.8) is 0 Å². The molecule has 1 saturated heterocycles. The predicted octanol–water partition coefficient (Wildman–Crippen LogP) is 2.89. The molecule has 1 aliphatic heterocycles. The van der Waals surface area contributed by atoms with Gasteiger partial charge in [-0.2, -0.15) is 5.26 Å². The van der Waals surface area contributed by atoms with Gasteiger partial charge in [0.25, 0.3) is 5.91 Å². The van der Waals surface area contributed by atoms with Crippen LogP contribution in [0.25, 0.3) is 0 Å². The van der Waals surface area contributed by atoms with Crippen LogP contribution in [0.3, 0.4) is 0 Å². The molecule has 40 heavy (non-hydrogen) atoms. The van der Waals surface area contributed by atoms with Gasteiger partial charge in [0.05, 0.1) is 18.2 Å². The van der Waals surface area contributed by atoms with E-state index in [1.165, 1.54) is 20.8 Å². The molecule has 204 valence electrons. The first-order chi connectivity index (χ1) is 19.2. The second-order valence-electron chi connectivity index (χ2n) is 9.42. The van der Waals surface area contributed by atoms with Crippen LogP contribution in [0.1, 0.15) is 21.5 Å². The van der Waals surface area contributed by atoms with E-state index in [0.29, 0.717) is 21.8 Å². The minimum atomic E-state index is -0.874. The van der Waals surface area contributed by atoms with Crippen molar-refractivity contribution in [3.05, 3.63) is 101 Å². The molecule has 4 rings (SSSR count). The third-order valence-corrected chi connectivity index (χ3v) is 6.89. The maximum atomic E-state index is 13.5. The van der Waals surface area contributed by atoms with Crippen molar-refractivity contribution in [2.24, 2.45) is 0 Å². The van der Waals surface area contributed by atoms with Crippen LogP contribution in [0.15, 0.2) is 78.9 Å². The zero-order valence-electron chi connectivity index (χ0n) is 21.9. The summed E-state index contributed by atoms with van der Waals surface area (Å²) in [6, 6.07) is 23.6. The molecule has 1 fully saturated rings. The number of rotatable bonds is 8. The lowest BCUT2D eigenvalue weighted by molar-refractivity contribution is -0.139. The van der Waals surface area contributed by atoms with Gasteiger partial charge < -0.3 is 20.0 Å². The highest BCUT2D eigenvalue weighted by Gasteiger charge is 2.31. The second-order valence-corrected chi connectivity index (χ2v) is 9.85. The van der Waals surface area contributed by atoms with Gasteiger partial charge in [-0.1, -0.05) is 48.0 Å². The Hall–Kier alpha value is -4.68. The number of halogens is 1. The first-order valence-electron chi connectivity index (χ1n) is 12.7. The minimum absolute atomic E-state index is 0.165. The number of carbonyl (C=O) groups excluding carboxylic acids is 4. The third kappa shape index (κ3) is 7.04. The fraction of sp³-hybridized carbons (Fsp3) is 0.233. The smallest absolute Gasteiger partial charge is 0.254 e. The van der Waals surface area contributed by atoms with Crippen LogP contribution >= 0.6 is 11.6 Å². The maximum Gasteiger partial charge on any atom is 0.254 e. The Morgan fingerprint density at radius 2 is 1.75 bits per heavy atom. The Bertz CT molecular complexity index is 1440. The molecule has 9 nitrogen and oxygen atoms in total. The molecule has 1 heterocycles. The predicted molar refractivity (Wildman–Crippen MR) is 151 cm³/mol. The Kier molecular flexibility index (Phi) is 9.15. The number of carbonyl (C=O) groups is 4. The van der Waals surface area contributed by atoms with E-state index in [-0.39, 0.29) is 50.3 Å². The molecule has 0 aromatic heterocycles. The fourth-order valence-corrected chi connectivity index (χ4v) is 4.57. The lowest BCUT2D eigenvalue weighted by Gasteiger charge is -2.34. The standard InChI is InChI=1S/C30H28ClN5O4/c1-34(25-12-10-24(31)11-13-25)30(40)26(17-21-6-3-2-4-7-21)33-27(37)19-35-14-15-36(20-28(35)38)29(39)23-9-5-8-22(16-23)18-32/h2-13,16,26H,14-15,17,19-20H2,1H3,(H,33,37)/t26-/m0/s1. The van der Waals surface area contributed by atoms with Crippen LogP contribution in [-0.2, 0) is 20.8 Å². The molecule has 0 spiro atoms. The van der Waals surface area contributed by atoms with Crippen molar-refractivity contribution in [3.8, 4) is 6.07 Å². The molecule has 3 aromatic rings. The van der Waals surface area contributed by atoms with Gasteiger partial charge in [-0.15, -0.1) is 0 Å². The minimum Gasteiger partial charge on any atom is -0.342 e. The van der Waals surface area contributed by atoms with Crippen LogP contribution in [0.5, 0.6) is 0 Å². The van der Waals surface area contributed by atoms with E-state index in [2.05, 4.69) is 5.32 Å². The van der Waals surface area contributed by atoms with Crippen molar-refractivity contribution in [1.29, 1.82) is 5.26 Å². The fourth-order valence-electron chi connectivity index (χ4n) is 4.44. The van der Waals surface area contributed by atoms with E-state index in [1.807, 2.05) is 36.4 Å². The summed E-state index contributed by atoms with van der Waals surface area (Å²) < 4.78 is 0. The van der Waals surface area contributed by atoms with E-state index in [9.17, 15) is 19.2 Å². The lowest BCUT2D eigenvalue weighted by atomic mass is 10.0. The Morgan fingerprint density at radius 1 is 1.02 bits per heavy atom. The molecule has 0 unspecified atom stereocenters. The van der Waals surface area contributed by atoms with Crippen LogP contribution in [0, 0.1) is 11.3 Å². The average molecular weight is 558 g/mol. The second kappa shape index (κ2) is 12.9. The summed E-state index contributed by atoms with van der Waals surface area (Å²) in [7, 11) is 1.63. The van der Waals surface area contributed by atoms with Crippen molar-refractivity contribution >= 4 is 40.9 Å². The normalized spacial score (nSPS) is 13.8. The molecule has 0 radical (unpaired) electrons. The third-order valence-electron chi connectivity index (χ3n) is 6.64. The van der Waals surface area contributed by atoms with Gasteiger partial charge >= 0.3 is 0 Å². The number of hydrogen-bond acceptors (Lipinski definition) is 5. The van der Waals surface area contributed by atoms with E-state index >= 15 is 0 Å². The maximum absolute atomic E-state index is 13.5. The molecule has 10 heteroatoms. The highest BCUT2D eigenvalue weighted by Crippen LogP contribution is 2.18. The summed E-state index contributed by atoms with van der Waals surface area (Å²) in [5.74, 6) is -1.53. The zero-order chi connectivity index (χ0) is 28.6. The lowest BCUT2D eigenvalue weighted by Crippen LogP contribution is -2.56. The summed E-state index contributed by atoms with van der Waals surface area (Å²) >= 11 is 5.98. The first kappa shape index (κ1) is 28.3. The van der Waals surface area contributed by atoms with Gasteiger partial charge in [0.15, 0.2) is 0 Å². The zero-order valence-corrected chi connectivity index (χ0v) is 22.7. The monoisotopic (exact) mass is 557 g/mol. The van der Waals surface area contributed by atoms with Gasteiger partial charge in [0.1, 0.15) is 12.6 Å². The largest absolute Gasteiger partial charge is 0.342 e. The van der Waals surface area contributed by atoms with Gasteiger partial charge in [-0.3, -0.25) is 19.2 Å². The van der Waals surface area contributed by atoms with Crippen molar-refractivity contribution in [2.75, 3.05) is 38.1 Å². The quantitative estimate of drug-likeness (QED) is 0.457. The van der Waals surface area contributed by atoms with E-state index < -0.39 is 11.9 Å². The highest BCUT2D eigenvalue weighted by atomic mass is 35.5. The number of hydrogen-bond donors (Lipinski definition) is 1. The first-order valence-corrected chi connectivity index (χ1v) is 13.1. The number of nitrogens with zero attached hydrogens (tertiary/aromatic N) is 4.